The van der Waals surface area contributed by atoms with Crippen molar-refractivity contribution in [1.29, 1.82) is 0 Å². The van der Waals surface area contributed by atoms with Gasteiger partial charge in [-0.2, -0.15) is 0 Å². The zero-order chi connectivity index (χ0) is 18.2. The molecule has 2 amide bonds. The van der Waals surface area contributed by atoms with Crippen molar-refractivity contribution in [2.75, 3.05) is 24.6 Å². The van der Waals surface area contributed by atoms with E-state index in [9.17, 15) is 9.59 Å². The molecule has 3 N–H and O–H groups in total. The zero-order valence-corrected chi connectivity index (χ0v) is 14.7. The van der Waals surface area contributed by atoms with Gasteiger partial charge in [0.05, 0.1) is 16.9 Å². The molecule has 0 spiro atoms. The van der Waals surface area contributed by atoms with Gasteiger partial charge in [0.25, 0.3) is 11.8 Å². The predicted molar refractivity (Wildman–Crippen MR) is 99.5 cm³/mol. The van der Waals surface area contributed by atoms with Crippen LogP contribution in [0, 0.1) is 0 Å². The highest BCUT2D eigenvalue weighted by molar-refractivity contribution is 6.05. The molecule has 0 unspecified atom stereocenters. The molecule has 6 nitrogen and oxygen atoms in total. The van der Waals surface area contributed by atoms with Gasteiger partial charge < -0.3 is 16.0 Å². The summed E-state index contributed by atoms with van der Waals surface area (Å²) in [6, 6.07) is 10.2. The molecule has 1 aromatic carbocycles. The molecule has 6 heteroatoms. The Bertz CT molecular complexity index is 728. The predicted octanol–water partition coefficient (Wildman–Crippen LogP) is 3.18. The Kier molecular flexibility index (Phi) is 6.51. The van der Waals surface area contributed by atoms with Crippen LogP contribution in [0.5, 0.6) is 0 Å². The third kappa shape index (κ3) is 5.04. The van der Waals surface area contributed by atoms with Gasteiger partial charge in [0, 0.05) is 19.8 Å². The van der Waals surface area contributed by atoms with Gasteiger partial charge in [0.2, 0.25) is 0 Å². The Hall–Kier alpha value is -2.89. The Morgan fingerprint density at radius 2 is 1.92 bits per heavy atom. The van der Waals surface area contributed by atoms with Crippen LogP contribution in [0.15, 0.2) is 42.6 Å². The fraction of sp³-hybridized carbons (Fsp3) is 0.316. The quantitative estimate of drug-likeness (QED) is 0.598. The standard InChI is InChI=1S/C19H24N4O2/c1-3-4-7-12-23(2)19(25)17-11-10-14(13-21-17)18(24)22-16-9-6-5-8-15(16)20/h5-6,8-11,13H,3-4,7,12,20H2,1-2H3,(H,22,24). The van der Waals surface area contributed by atoms with Gasteiger partial charge in [-0.3, -0.25) is 14.6 Å². The minimum Gasteiger partial charge on any atom is -0.397 e. The Balaban J connectivity index is 2.00. The molecule has 1 aromatic heterocycles. The van der Waals surface area contributed by atoms with E-state index in [0.717, 1.165) is 19.3 Å². The number of hydrogen-bond donors (Lipinski definition) is 2. The van der Waals surface area contributed by atoms with Crippen LogP contribution in [0.3, 0.4) is 0 Å². The number of amides is 2. The second-order valence-electron chi connectivity index (χ2n) is 5.91. The number of nitrogens with zero attached hydrogens (tertiary/aromatic N) is 2. The summed E-state index contributed by atoms with van der Waals surface area (Å²) in [7, 11) is 1.76. The van der Waals surface area contributed by atoms with E-state index in [-0.39, 0.29) is 11.8 Å². The number of carbonyl (C=O) groups excluding carboxylic acids is 2. The lowest BCUT2D eigenvalue weighted by molar-refractivity contribution is 0.0786. The maximum atomic E-state index is 12.3. The normalized spacial score (nSPS) is 10.3. The first-order valence-electron chi connectivity index (χ1n) is 8.40. The lowest BCUT2D eigenvalue weighted by atomic mass is 10.2. The lowest BCUT2D eigenvalue weighted by Crippen LogP contribution is -2.28. The Morgan fingerprint density at radius 1 is 1.16 bits per heavy atom. The van der Waals surface area contributed by atoms with E-state index in [2.05, 4.69) is 17.2 Å². The fourth-order valence-corrected chi connectivity index (χ4v) is 2.36. The lowest BCUT2D eigenvalue weighted by Gasteiger charge is -2.16. The van der Waals surface area contributed by atoms with E-state index in [1.807, 2.05) is 0 Å². The Morgan fingerprint density at radius 3 is 2.56 bits per heavy atom. The molecule has 1 heterocycles. The number of unbranched alkanes of at least 4 members (excludes halogenated alkanes) is 2. The van der Waals surface area contributed by atoms with Crippen molar-refractivity contribution in [2.24, 2.45) is 0 Å². The highest BCUT2D eigenvalue weighted by Gasteiger charge is 2.14. The summed E-state index contributed by atoms with van der Waals surface area (Å²) in [5.41, 5.74) is 7.55. The summed E-state index contributed by atoms with van der Waals surface area (Å²) in [5, 5.41) is 2.73. The summed E-state index contributed by atoms with van der Waals surface area (Å²) in [6.07, 6.45) is 4.57. The number of benzene rings is 1. The molecule has 0 aliphatic carbocycles. The van der Waals surface area contributed by atoms with Crippen molar-refractivity contribution in [3.05, 3.63) is 53.9 Å². The van der Waals surface area contributed by atoms with Crippen molar-refractivity contribution >= 4 is 23.2 Å². The van der Waals surface area contributed by atoms with Crippen LogP contribution in [-0.2, 0) is 0 Å². The van der Waals surface area contributed by atoms with Crippen LogP contribution in [0.25, 0.3) is 0 Å². The van der Waals surface area contributed by atoms with Crippen molar-refractivity contribution in [3.8, 4) is 0 Å². The van der Waals surface area contributed by atoms with E-state index < -0.39 is 0 Å². The summed E-state index contributed by atoms with van der Waals surface area (Å²) in [4.78, 5) is 30.3. The summed E-state index contributed by atoms with van der Waals surface area (Å²) >= 11 is 0. The molecule has 0 aliphatic rings. The van der Waals surface area contributed by atoms with Gasteiger partial charge >= 0.3 is 0 Å². The zero-order valence-electron chi connectivity index (χ0n) is 14.7. The molecule has 0 radical (unpaired) electrons. The van der Waals surface area contributed by atoms with E-state index >= 15 is 0 Å². The minimum atomic E-state index is -0.319. The number of para-hydroxylation sites is 2. The molecule has 25 heavy (non-hydrogen) atoms. The monoisotopic (exact) mass is 340 g/mol. The number of nitrogen functional groups attached to an aromatic ring is 1. The van der Waals surface area contributed by atoms with Crippen LogP contribution in [0.2, 0.25) is 0 Å². The highest BCUT2D eigenvalue weighted by atomic mass is 16.2. The van der Waals surface area contributed by atoms with Crippen LogP contribution in [0.1, 0.15) is 47.0 Å². The number of pyridine rings is 1. The summed E-state index contributed by atoms with van der Waals surface area (Å²) < 4.78 is 0. The van der Waals surface area contributed by atoms with E-state index in [1.54, 1.807) is 48.3 Å². The van der Waals surface area contributed by atoms with Gasteiger partial charge in [-0.25, -0.2) is 0 Å². The molecule has 0 saturated heterocycles. The highest BCUT2D eigenvalue weighted by Crippen LogP contribution is 2.17. The molecule has 132 valence electrons. The number of nitrogens with two attached hydrogens (primary N) is 1. The maximum absolute atomic E-state index is 12.3. The third-order valence-electron chi connectivity index (χ3n) is 3.90. The van der Waals surface area contributed by atoms with Crippen molar-refractivity contribution in [1.82, 2.24) is 9.88 Å². The largest absolute Gasteiger partial charge is 0.397 e. The first-order chi connectivity index (χ1) is 12.0. The van der Waals surface area contributed by atoms with Crippen molar-refractivity contribution < 1.29 is 9.59 Å². The number of aromatic nitrogens is 1. The average molecular weight is 340 g/mol. The number of hydrogen-bond acceptors (Lipinski definition) is 4. The van der Waals surface area contributed by atoms with Crippen molar-refractivity contribution in [2.45, 2.75) is 26.2 Å². The van der Waals surface area contributed by atoms with Gasteiger partial charge in [0.1, 0.15) is 5.69 Å². The first kappa shape index (κ1) is 18.4. The fourth-order valence-electron chi connectivity index (χ4n) is 2.36. The van der Waals surface area contributed by atoms with E-state index in [1.165, 1.54) is 6.20 Å². The van der Waals surface area contributed by atoms with E-state index in [0.29, 0.717) is 29.2 Å². The molecule has 0 aliphatic heterocycles. The second-order valence-corrected chi connectivity index (χ2v) is 5.91. The molecular weight excluding hydrogens is 316 g/mol. The molecule has 0 saturated carbocycles. The third-order valence-corrected chi connectivity index (χ3v) is 3.90. The minimum absolute atomic E-state index is 0.143. The summed E-state index contributed by atoms with van der Waals surface area (Å²) in [5.74, 6) is -0.462. The maximum Gasteiger partial charge on any atom is 0.272 e. The van der Waals surface area contributed by atoms with Crippen LogP contribution >= 0.6 is 0 Å². The Labute approximate surface area is 148 Å². The SMILES string of the molecule is CCCCCN(C)C(=O)c1ccc(C(=O)Nc2ccccc2N)cn1. The average Bonchev–Trinajstić information content (AvgIpc) is 2.63. The molecule has 2 aromatic rings. The molecule has 0 atom stereocenters. The number of carbonyl (C=O) groups is 2. The topological polar surface area (TPSA) is 88.3 Å². The van der Waals surface area contributed by atoms with E-state index in [4.69, 9.17) is 5.73 Å². The number of anilines is 2. The van der Waals surface area contributed by atoms with Crippen LogP contribution in [-0.4, -0.2) is 35.3 Å². The number of rotatable bonds is 7. The second kappa shape index (κ2) is 8.82. The van der Waals surface area contributed by atoms with Crippen LogP contribution in [0.4, 0.5) is 11.4 Å². The molecule has 2 rings (SSSR count). The smallest absolute Gasteiger partial charge is 0.272 e. The van der Waals surface area contributed by atoms with Crippen molar-refractivity contribution in [3.63, 3.8) is 0 Å². The van der Waals surface area contributed by atoms with Crippen LogP contribution < -0.4 is 11.1 Å². The van der Waals surface area contributed by atoms with Gasteiger partial charge in [-0.15, -0.1) is 0 Å². The van der Waals surface area contributed by atoms with Gasteiger partial charge in [-0.1, -0.05) is 31.9 Å². The molecule has 0 fully saturated rings. The first-order valence-corrected chi connectivity index (χ1v) is 8.40. The molecular formula is C19H24N4O2. The van der Waals surface area contributed by atoms with Gasteiger partial charge in [-0.05, 0) is 30.7 Å². The molecule has 0 bridgehead atoms. The summed E-state index contributed by atoms with van der Waals surface area (Å²) in [6.45, 7) is 2.82. The van der Waals surface area contributed by atoms with Gasteiger partial charge in [0.15, 0.2) is 0 Å². The number of nitrogens with one attached hydrogen (secondary N) is 1.